The highest BCUT2D eigenvalue weighted by Gasteiger charge is 2.56. The van der Waals surface area contributed by atoms with E-state index in [1.54, 1.807) is 24.3 Å². The second kappa shape index (κ2) is 7.16. The number of carbonyl (C=O) groups excluding carboxylic acids is 3. The van der Waals surface area contributed by atoms with Crippen LogP contribution < -0.4 is 4.87 Å². The van der Waals surface area contributed by atoms with Gasteiger partial charge in [-0.25, -0.2) is 4.79 Å². The Morgan fingerprint density at radius 3 is 2.48 bits per heavy atom. The molecule has 9 nitrogen and oxygen atoms in total. The molecule has 29 heavy (non-hydrogen) atoms. The van der Waals surface area contributed by atoms with Crippen LogP contribution in [0.2, 0.25) is 0 Å². The molecule has 2 N–H and O–H groups in total. The van der Waals surface area contributed by atoms with Crippen molar-refractivity contribution < 1.29 is 29.0 Å². The maximum Gasteiger partial charge on any atom is 0.337 e. The van der Waals surface area contributed by atoms with Gasteiger partial charge < -0.3 is 14.8 Å². The zero-order valence-corrected chi connectivity index (χ0v) is 16.5. The number of carbonyl (C=O) groups is 4. The summed E-state index contributed by atoms with van der Waals surface area (Å²) in [5.41, 5.74) is 0.963. The SMILES string of the molecule is COC(=O)c1ccc([C@H]2c3sc(=O)[nH]c3S[C@@H]3C(=O)N(CC(=O)O)C(=O)[C@H]23)cc1. The lowest BCUT2D eigenvalue weighted by Gasteiger charge is -2.29. The third kappa shape index (κ3) is 3.15. The van der Waals surface area contributed by atoms with Crippen molar-refractivity contribution in [2.75, 3.05) is 13.7 Å². The van der Waals surface area contributed by atoms with Crippen LogP contribution in [0.15, 0.2) is 34.1 Å². The fraction of sp³-hybridized carbons (Fsp3) is 0.278. The average molecular weight is 434 g/mol. The number of benzene rings is 1. The Morgan fingerprint density at radius 1 is 1.17 bits per heavy atom. The number of H-pyrrole nitrogens is 1. The minimum Gasteiger partial charge on any atom is -0.480 e. The number of nitrogens with zero attached hydrogens (tertiary/aromatic N) is 1. The fourth-order valence-electron chi connectivity index (χ4n) is 3.67. The number of imide groups is 1. The molecule has 0 saturated carbocycles. The highest BCUT2D eigenvalue weighted by Crippen LogP contribution is 2.52. The molecule has 4 rings (SSSR count). The summed E-state index contributed by atoms with van der Waals surface area (Å²) in [4.78, 5) is 64.2. The number of likely N-dealkylation sites (tertiary alicyclic amines) is 1. The molecule has 1 aromatic heterocycles. The molecule has 3 heterocycles. The number of carboxylic acid groups (broad SMARTS) is 1. The van der Waals surface area contributed by atoms with Crippen molar-refractivity contribution in [1.29, 1.82) is 0 Å². The lowest BCUT2D eigenvalue weighted by molar-refractivity contribution is -0.149. The summed E-state index contributed by atoms with van der Waals surface area (Å²) in [6.07, 6.45) is 0. The van der Waals surface area contributed by atoms with Gasteiger partial charge in [0.05, 0.1) is 23.6 Å². The van der Waals surface area contributed by atoms with Crippen LogP contribution in [0.1, 0.15) is 26.7 Å². The first-order valence-electron chi connectivity index (χ1n) is 8.46. The third-order valence-corrected chi connectivity index (χ3v) is 7.30. The Labute approximate surface area is 171 Å². The van der Waals surface area contributed by atoms with E-state index in [0.29, 0.717) is 21.0 Å². The first kappa shape index (κ1) is 19.4. The zero-order chi connectivity index (χ0) is 20.9. The molecule has 0 spiro atoms. The van der Waals surface area contributed by atoms with Crippen LogP contribution in [-0.4, -0.2) is 57.6 Å². The van der Waals surface area contributed by atoms with Gasteiger partial charge in [0, 0.05) is 10.8 Å². The van der Waals surface area contributed by atoms with E-state index in [1.807, 2.05) is 0 Å². The molecule has 2 aromatic rings. The Bertz CT molecular complexity index is 1090. The van der Waals surface area contributed by atoms with Crippen LogP contribution in [0, 0.1) is 5.92 Å². The molecule has 150 valence electrons. The fourth-order valence-corrected chi connectivity index (χ4v) is 6.21. The number of esters is 1. The number of hydrogen-bond donors (Lipinski definition) is 2. The number of thioether (sulfide) groups is 1. The number of methoxy groups -OCH3 is 1. The summed E-state index contributed by atoms with van der Waals surface area (Å²) in [5, 5.41) is 8.73. The van der Waals surface area contributed by atoms with E-state index in [0.717, 1.165) is 28.0 Å². The van der Waals surface area contributed by atoms with Crippen LogP contribution >= 0.6 is 23.1 Å². The van der Waals surface area contributed by atoms with Crippen molar-refractivity contribution in [2.24, 2.45) is 5.92 Å². The van der Waals surface area contributed by atoms with Gasteiger partial charge in [0.25, 0.3) is 0 Å². The Hall–Kier alpha value is -2.92. The van der Waals surface area contributed by atoms with Gasteiger partial charge in [0.2, 0.25) is 11.8 Å². The maximum absolute atomic E-state index is 13.0. The second-order valence-corrected chi connectivity index (χ2v) is 8.69. The Balaban J connectivity index is 1.80. The van der Waals surface area contributed by atoms with E-state index in [1.165, 1.54) is 7.11 Å². The van der Waals surface area contributed by atoms with Gasteiger partial charge in [-0.3, -0.25) is 24.1 Å². The van der Waals surface area contributed by atoms with Gasteiger partial charge in [-0.2, -0.15) is 0 Å². The number of nitrogens with one attached hydrogen (secondary N) is 1. The summed E-state index contributed by atoms with van der Waals surface area (Å²) in [5.74, 6) is -4.40. The van der Waals surface area contributed by atoms with E-state index in [2.05, 4.69) is 9.72 Å². The summed E-state index contributed by atoms with van der Waals surface area (Å²) < 4.78 is 4.69. The number of aromatic nitrogens is 1. The van der Waals surface area contributed by atoms with Gasteiger partial charge in [0.1, 0.15) is 11.8 Å². The number of hydrogen-bond acceptors (Lipinski definition) is 8. The molecule has 0 aliphatic carbocycles. The Kier molecular flexibility index (Phi) is 4.79. The van der Waals surface area contributed by atoms with Crippen LogP contribution in [0.3, 0.4) is 0 Å². The first-order chi connectivity index (χ1) is 13.8. The number of aromatic amines is 1. The summed E-state index contributed by atoms with van der Waals surface area (Å²) in [6, 6.07) is 6.39. The predicted octanol–water partition coefficient (Wildman–Crippen LogP) is 0.899. The van der Waals surface area contributed by atoms with E-state index in [4.69, 9.17) is 5.11 Å². The molecule has 11 heteroatoms. The topological polar surface area (TPSA) is 134 Å². The predicted molar refractivity (Wildman–Crippen MR) is 102 cm³/mol. The second-order valence-electron chi connectivity index (χ2n) is 6.52. The number of rotatable bonds is 4. The van der Waals surface area contributed by atoms with Crippen LogP contribution in [0.25, 0.3) is 0 Å². The molecular weight excluding hydrogens is 420 g/mol. The lowest BCUT2D eigenvalue weighted by atomic mass is 9.83. The van der Waals surface area contributed by atoms with Gasteiger partial charge in [-0.05, 0) is 17.7 Å². The van der Waals surface area contributed by atoms with Crippen molar-refractivity contribution in [3.05, 3.63) is 49.9 Å². The Morgan fingerprint density at radius 2 is 1.86 bits per heavy atom. The highest BCUT2D eigenvalue weighted by molar-refractivity contribution is 8.00. The molecule has 0 unspecified atom stereocenters. The highest BCUT2D eigenvalue weighted by atomic mass is 32.2. The van der Waals surface area contributed by atoms with Gasteiger partial charge in [-0.1, -0.05) is 35.2 Å². The average Bonchev–Trinajstić information content (AvgIpc) is 3.18. The monoisotopic (exact) mass is 434 g/mol. The van der Waals surface area contributed by atoms with Gasteiger partial charge in [-0.15, -0.1) is 0 Å². The molecule has 0 bridgehead atoms. The molecule has 2 aliphatic rings. The minimum absolute atomic E-state index is 0.305. The normalized spacial score (nSPS) is 22.9. The minimum atomic E-state index is -1.28. The number of amides is 2. The summed E-state index contributed by atoms with van der Waals surface area (Å²) in [7, 11) is 1.27. The van der Waals surface area contributed by atoms with E-state index < -0.39 is 47.4 Å². The van der Waals surface area contributed by atoms with Crippen LogP contribution in [0.4, 0.5) is 0 Å². The molecule has 1 aromatic carbocycles. The van der Waals surface area contributed by atoms with Crippen molar-refractivity contribution in [2.45, 2.75) is 16.2 Å². The quantitative estimate of drug-likeness (QED) is 0.536. The zero-order valence-electron chi connectivity index (χ0n) is 14.9. The standard InChI is InChI=1S/C18H14N2O7S2/c1-27-17(25)8-4-2-7(3-5-8)10-11-13(28-14-12(10)29-18(26)19-14)16(24)20(15(11)23)6-9(21)22/h2-5,10-11,13H,6H2,1H3,(H,19,26)(H,21,22)/t10-,11-,13+/m1/s1. The number of ether oxygens (including phenoxy) is 1. The number of thiazole rings is 1. The molecule has 0 radical (unpaired) electrons. The van der Waals surface area contributed by atoms with E-state index in [-0.39, 0.29) is 4.87 Å². The molecule has 3 atom stereocenters. The third-order valence-electron chi connectivity index (χ3n) is 4.90. The van der Waals surface area contributed by atoms with Gasteiger partial charge >= 0.3 is 16.8 Å². The molecule has 2 aliphatic heterocycles. The summed E-state index contributed by atoms with van der Waals surface area (Å²) >= 11 is 2.03. The number of fused-ring (bicyclic) bond motifs is 2. The molecular formula is C18H14N2O7S2. The van der Waals surface area contributed by atoms with Gasteiger partial charge in [0.15, 0.2) is 0 Å². The van der Waals surface area contributed by atoms with Crippen LogP contribution in [0.5, 0.6) is 0 Å². The van der Waals surface area contributed by atoms with Crippen molar-refractivity contribution in [3.8, 4) is 0 Å². The number of carboxylic acids is 1. The molecule has 2 amide bonds. The first-order valence-corrected chi connectivity index (χ1v) is 10.2. The van der Waals surface area contributed by atoms with Crippen molar-refractivity contribution in [1.82, 2.24) is 9.88 Å². The van der Waals surface area contributed by atoms with Crippen molar-refractivity contribution >= 4 is 46.9 Å². The smallest absolute Gasteiger partial charge is 0.337 e. The molecule has 1 saturated heterocycles. The van der Waals surface area contributed by atoms with E-state index in [9.17, 15) is 24.0 Å². The van der Waals surface area contributed by atoms with E-state index >= 15 is 0 Å². The summed E-state index contributed by atoms with van der Waals surface area (Å²) in [6.45, 7) is -0.705. The van der Waals surface area contributed by atoms with Crippen molar-refractivity contribution in [3.63, 3.8) is 0 Å². The largest absolute Gasteiger partial charge is 0.480 e. The van der Waals surface area contributed by atoms with Crippen LogP contribution in [-0.2, 0) is 19.1 Å². The lowest BCUT2D eigenvalue weighted by Crippen LogP contribution is -2.36. The maximum atomic E-state index is 13.0. The molecule has 1 fully saturated rings. The number of aliphatic carboxylic acids is 1.